The Morgan fingerprint density at radius 1 is 1.12 bits per heavy atom. The number of nitrogens with one attached hydrogen (secondary N) is 1. The zero-order chi connectivity index (χ0) is 12.1. The van der Waals surface area contributed by atoms with Crippen LogP contribution in [0.15, 0.2) is 0 Å². The lowest BCUT2D eigenvalue weighted by Crippen LogP contribution is -2.45. The summed E-state index contributed by atoms with van der Waals surface area (Å²) in [5, 5.41) is 3.76. The van der Waals surface area contributed by atoms with Gasteiger partial charge in [0, 0.05) is 18.6 Å². The smallest absolute Gasteiger partial charge is 0.0223 e. The summed E-state index contributed by atoms with van der Waals surface area (Å²) in [6, 6.07) is 1.63. The van der Waals surface area contributed by atoms with Crippen molar-refractivity contribution in [2.75, 3.05) is 20.1 Å². The van der Waals surface area contributed by atoms with Crippen molar-refractivity contribution in [3.8, 4) is 0 Å². The molecule has 2 fully saturated rings. The molecule has 0 saturated heterocycles. The van der Waals surface area contributed by atoms with Crippen LogP contribution < -0.4 is 5.32 Å². The lowest BCUT2D eigenvalue weighted by molar-refractivity contribution is 0.168. The maximum atomic E-state index is 3.76. The normalized spacial score (nSPS) is 24.2. The van der Waals surface area contributed by atoms with Crippen LogP contribution in [0.1, 0.15) is 58.3 Å². The molecule has 0 aromatic heterocycles. The number of nitrogens with zero attached hydrogens (tertiary/aromatic N) is 1. The lowest BCUT2D eigenvalue weighted by Gasteiger charge is -2.34. The fraction of sp³-hybridized carbons (Fsp3) is 1.00. The van der Waals surface area contributed by atoms with E-state index in [1.54, 1.807) is 0 Å². The molecule has 17 heavy (non-hydrogen) atoms. The molecule has 2 nitrogen and oxygen atoms in total. The molecule has 2 heteroatoms. The Hall–Kier alpha value is -0.0800. The first-order valence-electron chi connectivity index (χ1n) is 7.75. The Kier molecular flexibility index (Phi) is 5.30. The van der Waals surface area contributed by atoms with Crippen molar-refractivity contribution in [1.82, 2.24) is 10.2 Å². The third-order valence-corrected chi connectivity index (χ3v) is 4.53. The topological polar surface area (TPSA) is 15.3 Å². The number of likely N-dealkylation sites (N-methyl/N-ethyl adjacent to an activating group) is 1. The van der Waals surface area contributed by atoms with Gasteiger partial charge in [0.2, 0.25) is 0 Å². The minimum Gasteiger partial charge on any atom is -0.312 e. The highest BCUT2D eigenvalue weighted by Gasteiger charge is 2.32. The summed E-state index contributed by atoms with van der Waals surface area (Å²) in [4.78, 5) is 2.64. The van der Waals surface area contributed by atoms with E-state index in [2.05, 4.69) is 24.2 Å². The molecule has 100 valence electrons. The Labute approximate surface area is 107 Å². The molecule has 1 unspecified atom stereocenters. The fourth-order valence-electron chi connectivity index (χ4n) is 3.19. The van der Waals surface area contributed by atoms with E-state index in [0.29, 0.717) is 0 Å². The van der Waals surface area contributed by atoms with Crippen LogP contribution in [0.25, 0.3) is 0 Å². The van der Waals surface area contributed by atoms with E-state index in [1.165, 1.54) is 64.5 Å². The van der Waals surface area contributed by atoms with Gasteiger partial charge in [0.15, 0.2) is 0 Å². The zero-order valence-corrected chi connectivity index (χ0v) is 11.8. The summed E-state index contributed by atoms with van der Waals surface area (Å²) in [5.74, 6) is 0.979. The van der Waals surface area contributed by atoms with Crippen molar-refractivity contribution < 1.29 is 0 Å². The Morgan fingerprint density at radius 3 is 2.41 bits per heavy atom. The predicted octanol–water partition coefficient (Wildman–Crippen LogP) is 3.03. The van der Waals surface area contributed by atoms with E-state index in [4.69, 9.17) is 0 Å². The first-order chi connectivity index (χ1) is 8.31. The molecule has 0 aliphatic heterocycles. The van der Waals surface area contributed by atoms with Crippen molar-refractivity contribution in [3.05, 3.63) is 0 Å². The average Bonchev–Trinajstić information content (AvgIpc) is 3.19. The number of hydrogen-bond donors (Lipinski definition) is 1. The van der Waals surface area contributed by atoms with E-state index in [9.17, 15) is 0 Å². The third kappa shape index (κ3) is 4.26. The van der Waals surface area contributed by atoms with Crippen molar-refractivity contribution in [1.29, 1.82) is 0 Å². The molecule has 2 aliphatic rings. The van der Waals surface area contributed by atoms with Crippen LogP contribution in [0.5, 0.6) is 0 Å². The van der Waals surface area contributed by atoms with Gasteiger partial charge in [0.25, 0.3) is 0 Å². The van der Waals surface area contributed by atoms with Gasteiger partial charge in [-0.3, -0.25) is 0 Å². The monoisotopic (exact) mass is 238 g/mol. The molecule has 0 heterocycles. The first-order valence-corrected chi connectivity index (χ1v) is 7.75. The second kappa shape index (κ2) is 6.75. The molecular formula is C15H30N2. The van der Waals surface area contributed by atoms with Crippen LogP contribution in [0.4, 0.5) is 0 Å². The molecule has 0 bridgehead atoms. The highest BCUT2D eigenvalue weighted by atomic mass is 15.2. The third-order valence-electron chi connectivity index (χ3n) is 4.53. The summed E-state index contributed by atoms with van der Waals surface area (Å²) in [5.41, 5.74) is 0. The van der Waals surface area contributed by atoms with Crippen LogP contribution in [0.3, 0.4) is 0 Å². The quantitative estimate of drug-likeness (QED) is 0.733. The Morgan fingerprint density at radius 2 is 1.82 bits per heavy atom. The highest BCUT2D eigenvalue weighted by molar-refractivity contribution is 4.89. The molecule has 0 radical (unpaired) electrons. The zero-order valence-electron chi connectivity index (χ0n) is 11.8. The van der Waals surface area contributed by atoms with Crippen molar-refractivity contribution >= 4 is 0 Å². The highest BCUT2D eigenvalue weighted by Crippen LogP contribution is 2.33. The second-order valence-corrected chi connectivity index (χ2v) is 6.13. The molecule has 1 atom stereocenters. The summed E-state index contributed by atoms with van der Waals surface area (Å²) in [7, 11) is 2.35. The second-order valence-electron chi connectivity index (χ2n) is 6.13. The maximum absolute atomic E-state index is 3.76. The Bertz CT molecular complexity index is 207. The van der Waals surface area contributed by atoms with Gasteiger partial charge in [0.1, 0.15) is 0 Å². The van der Waals surface area contributed by atoms with E-state index in [1.807, 2.05) is 0 Å². The van der Waals surface area contributed by atoms with Gasteiger partial charge in [-0.05, 0) is 51.6 Å². The molecule has 0 aromatic carbocycles. The predicted molar refractivity (Wildman–Crippen MR) is 74.3 cm³/mol. The van der Waals surface area contributed by atoms with Crippen molar-refractivity contribution in [2.24, 2.45) is 5.92 Å². The number of rotatable bonds is 7. The van der Waals surface area contributed by atoms with E-state index in [-0.39, 0.29) is 0 Å². The lowest BCUT2D eigenvalue weighted by atomic mass is 9.94. The van der Waals surface area contributed by atoms with E-state index in [0.717, 1.165) is 18.0 Å². The Balaban J connectivity index is 1.75. The summed E-state index contributed by atoms with van der Waals surface area (Å²) >= 11 is 0. The van der Waals surface area contributed by atoms with Gasteiger partial charge < -0.3 is 10.2 Å². The van der Waals surface area contributed by atoms with Crippen LogP contribution in [-0.2, 0) is 0 Å². The van der Waals surface area contributed by atoms with Gasteiger partial charge in [0.05, 0.1) is 0 Å². The molecule has 2 rings (SSSR count). The summed E-state index contributed by atoms with van der Waals surface area (Å²) < 4.78 is 0. The van der Waals surface area contributed by atoms with E-state index < -0.39 is 0 Å². The van der Waals surface area contributed by atoms with Crippen molar-refractivity contribution in [3.63, 3.8) is 0 Å². The largest absolute Gasteiger partial charge is 0.312 e. The molecule has 2 aliphatic carbocycles. The maximum Gasteiger partial charge on any atom is 0.0223 e. The molecule has 2 saturated carbocycles. The van der Waals surface area contributed by atoms with E-state index >= 15 is 0 Å². The minimum atomic E-state index is 0.766. The van der Waals surface area contributed by atoms with Gasteiger partial charge in [-0.2, -0.15) is 0 Å². The SMILES string of the molecule is CCCNC(CN(C)C1CCCCC1)C1CC1. The van der Waals surface area contributed by atoms with Crippen LogP contribution in [0, 0.1) is 5.92 Å². The number of hydrogen-bond acceptors (Lipinski definition) is 2. The molecular weight excluding hydrogens is 208 g/mol. The van der Waals surface area contributed by atoms with Gasteiger partial charge >= 0.3 is 0 Å². The fourth-order valence-corrected chi connectivity index (χ4v) is 3.19. The molecule has 0 spiro atoms. The average molecular weight is 238 g/mol. The van der Waals surface area contributed by atoms with Crippen LogP contribution >= 0.6 is 0 Å². The molecule has 1 N–H and O–H groups in total. The molecule has 0 amide bonds. The summed E-state index contributed by atoms with van der Waals surface area (Å²) in [6.07, 6.45) is 11.4. The minimum absolute atomic E-state index is 0.766. The first kappa shape index (κ1) is 13.4. The van der Waals surface area contributed by atoms with Crippen LogP contribution in [0.2, 0.25) is 0 Å². The van der Waals surface area contributed by atoms with Crippen LogP contribution in [-0.4, -0.2) is 37.1 Å². The summed E-state index contributed by atoms with van der Waals surface area (Å²) in [6.45, 7) is 4.73. The van der Waals surface area contributed by atoms with Crippen molar-refractivity contribution in [2.45, 2.75) is 70.4 Å². The van der Waals surface area contributed by atoms with Gasteiger partial charge in [-0.1, -0.05) is 26.2 Å². The standard InChI is InChI=1S/C15H30N2/c1-3-11-16-15(13-9-10-13)12-17(2)14-7-5-4-6-8-14/h13-16H,3-12H2,1-2H3. The van der Waals surface area contributed by atoms with Gasteiger partial charge in [-0.15, -0.1) is 0 Å². The van der Waals surface area contributed by atoms with Gasteiger partial charge in [-0.25, -0.2) is 0 Å². The molecule has 0 aromatic rings.